The van der Waals surface area contributed by atoms with Crippen LogP contribution >= 0.6 is 11.8 Å². The van der Waals surface area contributed by atoms with Crippen LogP contribution < -0.4 is 0 Å². The third kappa shape index (κ3) is 4.32. The molecule has 0 saturated carbocycles. The number of likely N-dealkylation sites (tertiary alicyclic amines) is 1. The minimum Gasteiger partial charge on any atom is -0.444 e. The van der Waals surface area contributed by atoms with E-state index in [0.717, 1.165) is 29.5 Å². The van der Waals surface area contributed by atoms with E-state index in [4.69, 9.17) is 4.74 Å². The van der Waals surface area contributed by atoms with Crippen molar-refractivity contribution >= 4 is 34.7 Å². The number of cyclic esters (lactones) is 1. The van der Waals surface area contributed by atoms with Crippen molar-refractivity contribution in [1.82, 2.24) is 14.8 Å². The topological polar surface area (TPSA) is 62.7 Å². The van der Waals surface area contributed by atoms with Gasteiger partial charge in [0.05, 0.1) is 17.8 Å². The van der Waals surface area contributed by atoms with E-state index >= 15 is 0 Å². The Hall–Kier alpha value is -2.35. The second kappa shape index (κ2) is 8.57. The summed E-state index contributed by atoms with van der Waals surface area (Å²) in [6, 6.07) is 6.45. The number of rotatable bonds is 5. The van der Waals surface area contributed by atoms with Crippen LogP contribution in [0.25, 0.3) is 10.9 Å². The van der Waals surface area contributed by atoms with Crippen molar-refractivity contribution in [3.8, 4) is 0 Å². The Bertz CT molecular complexity index is 917. The van der Waals surface area contributed by atoms with Crippen LogP contribution in [0.2, 0.25) is 0 Å². The number of aromatic nitrogens is 1. The fraction of sp³-hybridized carbons (Fsp3) is 0.476. The zero-order chi connectivity index (χ0) is 20.4. The van der Waals surface area contributed by atoms with Crippen LogP contribution in [0, 0.1) is 5.82 Å². The van der Waals surface area contributed by atoms with E-state index < -0.39 is 0 Å². The number of ether oxygens (including phenoxy) is 1. The lowest BCUT2D eigenvalue weighted by atomic mass is 10.0. The van der Waals surface area contributed by atoms with Gasteiger partial charge in [0.1, 0.15) is 11.9 Å². The summed E-state index contributed by atoms with van der Waals surface area (Å²) in [6.07, 6.45) is 3.80. The average Bonchev–Trinajstić information content (AvgIpc) is 3.13. The first-order valence-corrected chi connectivity index (χ1v) is 11.0. The summed E-state index contributed by atoms with van der Waals surface area (Å²) >= 11 is 1.41. The van der Waals surface area contributed by atoms with Crippen LogP contribution in [0.1, 0.15) is 26.2 Å². The summed E-state index contributed by atoms with van der Waals surface area (Å²) in [7, 11) is 0. The second-order valence-electron chi connectivity index (χ2n) is 7.44. The van der Waals surface area contributed by atoms with Crippen LogP contribution in [0.5, 0.6) is 0 Å². The fourth-order valence-corrected chi connectivity index (χ4v) is 4.87. The van der Waals surface area contributed by atoms with E-state index in [1.54, 1.807) is 12.3 Å². The van der Waals surface area contributed by atoms with Gasteiger partial charge in [-0.05, 0) is 43.5 Å². The Balaban J connectivity index is 1.32. The first-order chi connectivity index (χ1) is 14.0. The highest BCUT2D eigenvalue weighted by molar-refractivity contribution is 8.00. The van der Waals surface area contributed by atoms with Crippen molar-refractivity contribution in [2.24, 2.45) is 0 Å². The van der Waals surface area contributed by atoms with Gasteiger partial charge in [-0.2, -0.15) is 0 Å². The molecule has 2 aliphatic rings. The molecular formula is C21H24FN3O3S. The first-order valence-electron chi connectivity index (χ1n) is 9.97. The Labute approximate surface area is 173 Å². The van der Waals surface area contributed by atoms with Crippen molar-refractivity contribution in [2.75, 3.05) is 25.4 Å². The Morgan fingerprint density at radius 1 is 1.31 bits per heavy atom. The number of benzene rings is 1. The molecule has 2 aliphatic heterocycles. The number of carbonyl (C=O) groups excluding carboxylic acids is 2. The molecule has 3 heterocycles. The lowest BCUT2D eigenvalue weighted by Crippen LogP contribution is -2.47. The minimum absolute atomic E-state index is 0.0152. The molecule has 0 spiro atoms. The Kier molecular flexibility index (Phi) is 5.89. The largest absolute Gasteiger partial charge is 0.444 e. The van der Waals surface area contributed by atoms with E-state index in [9.17, 15) is 14.0 Å². The molecule has 2 saturated heterocycles. The first kappa shape index (κ1) is 19.9. The third-order valence-electron chi connectivity index (χ3n) is 5.63. The monoisotopic (exact) mass is 417 g/mol. The number of fused-ring (bicyclic) bond motifs is 1. The maximum atomic E-state index is 13.6. The highest BCUT2D eigenvalue weighted by atomic mass is 32.2. The molecule has 154 valence electrons. The van der Waals surface area contributed by atoms with Crippen LogP contribution in [0.4, 0.5) is 9.18 Å². The molecule has 1 aromatic carbocycles. The van der Waals surface area contributed by atoms with Gasteiger partial charge >= 0.3 is 6.09 Å². The van der Waals surface area contributed by atoms with Crippen LogP contribution in [-0.4, -0.2) is 64.3 Å². The van der Waals surface area contributed by atoms with Crippen LogP contribution in [0.15, 0.2) is 35.4 Å². The molecule has 1 aromatic heterocycles. The zero-order valence-corrected chi connectivity index (χ0v) is 17.2. The molecule has 8 heteroatoms. The van der Waals surface area contributed by atoms with Crippen LogP contribution in [-0.2, 0) is 9.53 Å². The molecule has 2 fully saturated rings. The molecule has 1 atom stereocenters. The van der Waals surface area contributed by atoms with Crippen molar-refractivity contribution < 1.29 is 18.7 Å². The Morgan fingerprint density at radius 2 is 2.10 bits per heavy atom. The fourth-order valence-electron chi connectivity index (χ4n) is 3.93. The van der Waals surface area contributed by atoms with E-state index in [1.165, 1.54) is 23.9 Å². The van der Waals surface area contributed by atoms with E-state index in [-0.39, 0.29) is 30.0 Å². The van der Waals surface area contributed by atoms with Crippen molar-refractivity contribution in [3.63, 3.8) is 0 Å². The molecule has 6 nitrogen and oxygen atoms in total. The normalized spacial score (nSPS) is 20.3. The number of carbonyl (C=O) groups is 2. The number of nitrogens with zero attached hydrogens (tertiary/aromatic N) is 3. The molecule has 1 unspecified atom stereocenters. The molecule has 0 N–H and O–H groups in total. The zero-order valence-electron chi connectivity index (χ0n) is 16.3. The van der Waals surface area contributed by atoms with Gasteiger partial charge in [-0.15, -0.1) is 11.8 Å². The third-order valence-corrected chi connectivity index (χ3v) is 6.69. The predicted molar refractivity (Wildman–Crippen MR) is 109 cm³/mol. The van der Waals surface area contributed by atoms with E-state index in [2.05, 4.69) is 4.98 Å². The molecule has 2 amide bonds. The van der Waals surface area contributed by atoms with Gasteiger partial charge in [0.15, 0.2) is 0 Å². The molecule has 2 aromatic rings. The molecule has 0 bridgehead atoms. The standard InChI is InChI=1S/C21H24FN3O3S/c1-2-16-12-25(21(27)28-16)15-6-9-24(10-7-15)20(26)13-29-19-5-8-23-18-4-3-14(22)11-17(18)19/h3-5,8,11,15-16H,2,6-7,9-10,12-13H2,1H3. The van der Waals surface area contributed by atoms with E-state index in [1.807, 2.05) is 22.8 Å². The minimum atomic E-state index is -0.313. The highest BCUT2D eigenvalue weighted by Gasteiger charge is 2.37. The maximum absolute atomic E-state index is 13.6. The number of hydrogen-bond acceptors (Lipinski definition) is 5. The SMILES string of the molecule is CCC1CN(C2CCN(C(=O)CSc3ccnc4ccc(F)cc34)CC2)C(=O)O1. The predicted octanol–water partition coefficient (Wildman–Crippen LogP) is 3.69. The van der Waals surface area contributed by atoms with Crippen molar-refractivity contribution in [2.45, 2.75) is 43.2 Å². The second-order valence-corrected chi connectivity index (χ2v) is 8.45. The lowest BCUT2D eigenvalue weighted by molar-refractivity contribution is -0.129. The number of pyridine rings is 1. The summed E-state index contributed by atoms with van der Waals surface area (Å²) in [5.74, 6) is 0.0426. The van der Waals surface area contributed by atoms with Gasteiger partial charge in [0, 0.05) is 35.6 Å². The average molecular weight is 418 g/mol. The number of hydrogen-bond donors (Lipinski definition) is 0. The quantitative estimate of drug-likeness (QED) is 0.695. The summed E-state index contributed by atoms with van der Waals surface area (Å²) < 4.78 is 18.9. The molecule has 0 radical (unpaired) electrons. The van der Waals surface area contributed by atoms with Gasteiger partial charge in [0.2, 0.25) is 5.91 Å². The van der Waals surface area contributed by atoms with Crippen LogP contribution in [0.3, 0.4) is 0 Å². The number of piperidine rings is 1. The summed E-state index contributed by atoms with van der Waals surface area (Å²) in [5.41, 5.74) is 0.715. The van der Waals surface area contributed by atoms with Gasteiger partial charge in [0.25, 0.3) is 0 Å². The van der Waals surface area contributed by atoms with Crippen molar-refractivity contribution in [1.29, 1.82) is 0 Å². The van der Waals surface area contributed by atoms with Crippen molar-refractivity contribution in [3.05, 3.63) is 36.3 Å². The summed E-state index contributed by atoms with van der Waals surface area (Å²) in [4.78, 5) is 33.5. The Morgan fingerprint density at radius 3 is 2.83 bits per heavy atom. The molecular weight excluding hydrogens is 393 g/mol. The number of amides is 2. The lowest BCUT2D eigenvalue weighted by Gasteiger charge is -2.35. The maximum Gasteiger partial charge on any atom is 0.410 e. The van der Waals surface area contributed by atoms with Gasteiger partial charge in [-0.3, -0.25) is 9.78 Å². The smallest absolute Gasteiger partial charge is 0.410 e. The van der Waals surface area contributed by atoms with Gasteiger partial charge in [-0.1, -0.05) is 6.92 Å². The summed E-state index contributed by atoms with van der Waals surface area (Å²) in [6.45, 7) is 3.93. The van der Waals surface area contributed by atoms with E-state index in [0.29, 0.717) is 30.9 Å². The molecule has 0 aliphatic carbocycles. The number of halogens is 1. The molecule has 4 rings (SSSR count). The van der Waals surface area contributed by atoms with Gasteiger partial charge in [-0.25, -0.2) is 9.18 Å². The summed E-state index contributed by atoms with van der Waals surface area (Å²) in [5, 5.41) is 0.724. The number of thioether (sulfide) groups is 1. The van der Waals surface area contributed by atoms with Gasteiger partial charge < -0.3 is 14.5 Å². The highest BCUT2D eigenvalue weighted by Crippen LogP contribution is 2.28. The molecule has 29 heavy (non-hydrogen) atoms.